The summed E-state index contributed by atoms with van der Waals surface area (Å²) in [4.78, 5) is 19.1. The molecule has 1 saturated heterocycles. The van der Waals surface area contributed by atoms with Crippen LogP contribution in [0.2, 0.25) is 4.34 Å². The molecule has 1 fully saturated rings. The second-order valence-electron chi connectivity index (χ2n) is 6.20. The number of fused-ring (bicyclic) bond motifs is 1. The second kappa shape index (κ2) is 6.18. The Bertz CT molecular complexity index is 895. The minimum atomic E-state index is -0.0171. The van der Waals surface area contributed by atoms with Gasteiger partial charge in [-0.3, -0.25) is 4.79 Å². The molecule has 4 rings (SSSR count). The Labute approximate surface area is 148 Å². The van der Waals surface area contributed by atoms with Crippen molar-refractivity contribution in [2.45, 2.75) is 19.8 Å². The molecule has 3 aromatic rings. The molecule has 0 aromatic carbocycles. The zero-order chi connectivity index (χ0) is 16.7. The number of aromatic nitrogens is 3. The number of carbonyl (C=O) groups excluding carboxylic acids is 1. The Morgan fingerprint density at radius 1 is 1.33 bits per heavy atom. The molecule has 3 aromatic heterocycles. The Balaban J connectivity index is 1.66. The van der Waals surface area contributed by atoms with E-state index in [1.54, 1.807) is 10.7 Å². The maximum atomic E-state index is 12.7. The molecule has 0 radical (unpaired) electrons. The molecule has 7 heteroatoms. The van der Waals surface area contributed by atoms with Gasteiger partial charge in [-0.2, -0.15) is 5.10 Å². The Morgan fingerprint density at radius 3 is 2.92 bits per heavy atom. The highest BCUT2D eigenvalue weighted by atomic mass is 35.5. The first-order valence-corrected chi connectivity index (χ1v) is 9.21. The number of piperidine rings is 1. The van der Waals surface area contributed by atoms with Crippen molar-refractivity contribution in [2.24, 2.45) is 5.92 Å². The van der Waals surface area contributed by atoms with Crippen LogP contribution in [0.15, 0.2) is 30.6 Å². The summed E-state index contributed by atoms with van der Waals surface area (Å²) in [5.74, 6) is 0.666. The summed E-state index contributed by atoms with van der Waals surface area (Å²) in [6, 6.07) is 5.83. The molecule has 4 heterocycles. The van der Waals surface area contributed by atoms with Crippen molar-refractivity contribution in [1.29, 1.82) is 0 Å². The number of hydrogen-bond donors (Lipinski definition) is 0. The highest BCUT2D eigenvalue weighted by Gasteiger charge is 2.26. The van der Waals surface area contributed by atoms with Crippen molar-refractivity contribution in [2.75, 3.05) is 13.1 Å². The van der Waals surface area contributed by atoms with E-state index in [2.05, 4.69) is 17.0 Å². The Kier molecular flexibility index (Phi) is 4.02. The summed E-state index contributed by atoms with van der Waals surface area (Å²) in [6.45, 7) is 3.82. The molecule has 1 aliphatic heterocycles. The molecule has 0 bridgehead atoms. The maximum absolute atomic E-state index is 12.7. The number of nitrogens with zero attached hydrogens (tertiary/aromatic N) is 4. The molecule has 0 atom stereocenters. The first-order valence-electron chi connectivity index (χ1n) is 8.02. The highest BCUT2D eigenvalue weighted by Crippen LogP contribution is 2.35. The molecular weight excluding hydrogens is 344 g/mol. The van der Waals surface area contributed by atoms with E-state index in [-0.39, 0.29) is 5.91 Å². The highest BCUT2D eigenvalue weighted by molar-refractivity contribution is 7.18. The lowest BCUT2D eigenvalue weighted by atomic mass is 9.99. The number of pyridine rings is 1. The van der Waals surface area contributed by atoms with Crippen LogP contribution < -0.4 is 0 Å². The van der Waals surface area contributed by atoms with E-state index in [1.807, 2.05) is 29.3 Å². The van der Waals surface area contributed by atoms with Crippen LogP contribution in [-0.4, -0.2) is 38.5 Å². The topological polar surface area (TPSA) is 50.5 Å². The Morgan fingerprint density at radius 2 is 2.12 bits per heavy atom. The van der Waals surface area contributed by atoms with Crippen molar-refractivity contribution in [3.8, 4) is 11.3 Å². The molecule has 0 N–H and O–H groups in total. The van der Waals surface area contributed by atoms with Crippen LogP contribution in [-0.2, 0) is 0 Å². The molecular formula is C17H17ClN4OS. The van der Waals surface area contributed by atoms with Gasteiger partial charge >= 0.3 is 0 Å². The lowest BCUT2D eigenvalue weighted by Gasteiger charge is -2.29. The van der Waals surface area contributed by atoms with E-state index in [9.17, 15) is 4.79 Å². The smallest absolute Gasteiger partial charge is 0.282 e. The normalized spacial score (nSPS) is 16.0. The minimum absolute atomic E-state index is 0.0171. The molecule has 1 aliphatic rings. The van der Waals surface area contributed by atoms with Crippen molar-refractivity contribution < 1.29 is 4.79 Å². The van der Waals surface area contributed by atoms with Gasteiger partial charge in [0.15, 0.2) is 5.01 Å². The predicted molar refractivity (Wildman–Crippen MR) is 95.6 cm³/mol. The molecule has 124 valence electrons. The van der Waals surface area contributed by atoms with Gasteiger partial charge in [-0.15, -0.1) is 0 Å². The van der Waals surface area contributed by atoms with E-state index < -0.39 is 0 Å². The van der Waals surface area contributed by atoms with Crippen LogP contribution in [0.5, 0.6) is 0 Å². The summed E-state index contributed by atoms with van der Waals surface area (Å²) < 4.78 is 2.31. The average Bonchev–Trinajstić information content (AvgIpc) is 3.18. The van der Waals surface area contributed by atoms with Gasteiger partial charge in [0.1, 0.15) is 10.0 Å². The van der Waals surface area contributed by atoms with Gasteiger partial charge in [-0.25, -0.2) is 9.50 Å². The van der Waals surface area contributed by atoms with Crippen LogP contribution in [0.25, 0.3) is 16.8 Å². The number of likely N-dealkylation sites (tertiary alicyclic amines) is 1. The molecule has 0 aliphatic carbocycles. The lowest BCUT2D eigenvalue weighted by molar-refractivity contribution is 0.0697. The quantitative estimate of drug-likeness (QED) is 0.694. The molecule has 5 nitrogen and oxygen atoms in total. The maximum Gasteiger partial charge on any atom is 0.282 e. The zero-order valence-corrected chi connectivity index (χ0v) is 14.8. The molecule has 0 unspecified atom stereocenters. The van der Waals surface area contributed by atoms with Crippen LogP contribution in [0.4, 0.5) is 0 Å². The Hall–Kier alpha value is -1.92. The fourth-order valence-corrected chi connectivity index (χ4v) is 4.16. The average molecular weight is 361 g/mol. The van der Waals surface area contributed by atoms with Gasteiger partial charge in [-0.05, 0) is 30.9 Å². The van der Waals surface area contributed by atoms with E-state index in [0.717, 1.165) is 37.0 Å². The number of hydrogen-bond acceptors (Lipinski definition) is 4. The summed E-state index contributed by atoms with van der Waals surface area (Å²) in [7, 11) is 0. The largest absolute Gasteiger partial charge is 0.337 e. The minimum Gasteiger partial charge on any atom is -0.337 e. The van der Waals surface area contributed by atoms with Gasteiger partial charge in [-0.1, -0.05) is 35.9 Å². The third-order valence-electron chi connectivity index (χ3n) is 4.52. The molecule has 24 heavy (non-hydrogen) atoms. The van der Waals surface area contributed by atoms with Gasteiger partial charge in [0.05, 0.1) is 11.7 Å². The number of thiazole rings is 1. The third-order valence-corrected chi connectivity index (χ3v) is 5.76. The van der Waals surface area contributed by atoms with Crippen LogP contribution in [0, 0.1) is 5.92 Å². The van der Waals surface area contributed by atoms with E-state index in [4.69, 9.17) is 11.6 Å². The number of amides is 1. The van der Waals surface area contributed by atoms with E-state index >= 15 is 0 Å². The third kappa shape index (κ3) is 2.70. The summed E-state index contributed by atoms with van der Waals surface area (Å²) in [6.07, 6.45) is 5.71. The van der Waals surface area contributed by atoms with Crippen molar-refractivity contribution in [3.63, 3.8) is 0 Å². The SMILES string of the molecule is CC1CCN(C(=O)c2nc(-c3cnn4ccccc34)c(Cl)s2)CC1. The van der Waals surface area contributed by atoms with Crippen LogP contribution >= 0.6 is 22.9 Å². The monoisotopic (exact) mass is 360 g/mol. The molecule has 0 saturated carbocycles. The summed E-state index contributed by atoms with van der Waals surface area (Å²) in [5.41, 5.74) is 2.41. The van der Waals surface area contributed by atoms with Gasteiger partial charge < -0.3 is 4.90 Å². The second-order valence-corrected chi connectivity index (χ2v) is 7.81. The standard InChI is InChI=1S/C17H17ClN4OS/c1-11-5-8-21(9-6-11)17(23)16-20-14(15(18)24-16)12-10-19-22-7-3-2-4-13(12)22/h2-4,7,10-11H,5-6,8-9H2,1H3. The number of halogens is 1. The van der Waals surface area contributed by atoms with Gasteiger partial charge in [0.25, 0.3) is 5.91 Å². The lowest BCUT2D eigenvalue weighted by Crippen LogP contribution is -2.37. The van der Waals surface area contributed by atoms with Gasteiger partial charge in [0, 0.05) is 24.8 Å². The van der Waals surface area contributed by atoms with Crippen molar-refractivity contribution >= 4 is 34.4 Å². The van der Waals surface area contributed by atoms with Crippen LogP contribution in [0.3, 0.4) is 0 Å². The van der Waals surface area contributed by atoms with E-state index in [1.165, 1.54) is 11.3 Å². The zero-order valence-electron chi connectivity index (χ0n) is 13.3. The van der Waals surface area contributed by atoms with Crippen molar-refractivity contribution in [3.05, 3.63) is 39.9 Å². The first-order chi connectivity index (χ1) is 11.6. The summed E-state index contributed by atoms with van der Waals surface area (Å²) >= 11 is 7.64. The van der Waals surface area contributed by atoms with Gasteiger partial charge in [0.2, 0.25) is 0 Å². The van der Waals surface area contributed by atoms with Crippen LogP contribution in [0.1, 0.15) is 29.6 Å². The summed E-state index contributed by atoms with van der Waals surface area (Å²) in [5, 5.41) is 4.77. The molecule has 0 spiro atoms. The number of rotatable bonds is 2. The fourth-order valence-electron chi connectivity index (χ4n) is 3.02. The predicted octanol–water partition coefficient (Wildman–Crippen LogP) is 3.98. The fraction of sp³-hybridized carbons (Fsp3) is 0.353. The van der Waals surface area contributed by atoms with Crippen molar-refractivity contribution in [1.82, 2.24) is 19.5 Å². The number of carbonyl (C=O) groups is 1. The molecule has 1 amide bonds. The van der Waals surface area contributed by atoms with E-state index in [0.29, 0.717) is 21.0 Å². The first kappa shape index (κ1) is 15.6.